The van der Waals surface area contributed by atoms with Gasteiger partial charge in [-0.25, -0.2) is 0 Å². The lowest BCUT2D eigenvalue weighted by Gasteiger charge is -2.31. The first kappa shape index (κ1) is 31.4. The summed E-state index contributed by atoms with van der Waals surface area (Å²) in [5.74, 6) is 0. The van der Waals surface area contributed by atoms with Crippen molar-refractivity contribution in [3.63, 3.8) is 0 Å². The summed E-state index contributed by atoms with van der Waals surface area (Å²) in [6, 6.07) is 67.4. The van der Waals surface area contributed by atoms with Gasteiger partial charge in [-0.15, -0.1) is 11.3 Å². The maximum Gasteiger partial charge on any atom is 0.0476 e. The van der Waals surface area contributed by atoms with E-state index in [-0.39, 0.29) is 5.41 Å². The van der Waals surface area contributed by atoms with E-state index in [9.17, 15) is 0 Å². The van der Waals surface area contributed by atoms with E-state index in [2.05, 4.69) is 192 Å². The number of benzene rings is 8. The molecule has 2 nitrogen and oxygen atoms in total. The Hall–Kier alpha value is -6.16. The maximum absolute atomic E-state index is 2.53. The van der Waals surface area contributed by atoms with Crippen LogP contribution in [0.15, 0.2) is 182 Å². The number of thiophene rings is 1. The van der Waals surface area contributed by atoms with E-state index >= 15 is 0 Å². The second kappa shape index (κ2) is 12.5. The zero-order valence-corrected chi connectivity index (χ0v) is 30.8. The first-order valence-electron chi connectivity index (χ1n) is 19.1. The number of rotatable bonds is 6. The van der Waals surface area contributed by atoms with Crippen LogP contribution in [0.4, 0.5) is 34.1 Å². The molecule has 0 N–H and O–H groups in total. The van der Waals surface area contributed by atoms with Crippen molar-refractivity contribution in [1.82, 2.24) is 0 Å². The predicted molar refractivity (Wildman–Crippen MR) is 230 cm³/mol. The number of fused-ring (bicyclic) bond motifs is 9. The highest BCUT2D eigenvalue weighted by molar-refractivity contribution is 7.26. The fourth-order valence-electron chi connectivity index (χ4n) is 9.54. The van der Waals surface area contributed by atoms with Crippen molar-refractivity contribution in [2.45, 2.75) is 31.1 Å². The van der Waals surface area contributed by atoms with Crippen LogP contribution in [0.1, 0.15) is 35.1 Å². The second-order valence-corrected chi connectivity index (χ2v) is 16.0. The molecule has 0 amide bonds. The topological polar surface area (TPSA) is 6.48 Å². The van der Waals surface area contributed by atoms with Gasteiger partial charge in [0.1, 0.15) is 0 Å². The highest BCUT2D eigenvalue weighted by atomic mass is 32.1. The summed E-state index contributed by atoms with van der Waals surface area (Å²) < 4.78 is 2.65. The van der Waals surface area contributed by atoms with Crippen LogP contribution in [-0.2, 0) is 18.3 Å². The molecule has 9 aromatic rings. The smallest absolute Gasteiger partial charge is 0.0476 e. The molecule has 8 aromatic carbocycles. The summed E-state index contributed by atoms with van der Waals surface area (Å²) in [7, 11) is 0. The van der Waals surface area contributed by atoms with Crippen molar-refractivity contribution >= 4 is 76.4 Å². The van der Waals surface area contributed by atoms with E-state index in [0.29, 0.717) is 0 Å². The Kier molecular flexibility index (Phi) is 7.25. The molecule has 0 aliphatic heterocycles. The molecule has 258 valence electrons. The molecule has 1 atom stereocenters. The average molecular weight is 711 g/mol. The molecule has 0 saturated carbocycles. The summed E-state index contributed by atoms with van der Waals surface area (Å²) in [5, 5.41) is 5.31. The van der Waals surface area contributed by atoms with Gasteiger partial charge < -0.3 is 9.80 Å². The highest BCUT2D eigenvalue weighted by Gasteiger charge is 2.45. The van der Waals surface area contributed by atoms with Crippen molar-refractivity contribution in [1.29, 1.82) is 0 Å². The molecule has 1 heterocycles. The summed E-state index contributed by atoms with van der Waals surface area (Å²) >= 11 is 1.90. The van der Waals surface area contributed by atoms with Crippen molar-refractivity contribution in [2.24, 2.45) is 0 Å². The summed E-state index contributed by atoms with van der Waals surface area (Å²) in [5.41, 5.74) is 13.1. The quantitative estimate of drug-likeness (QED) is 0.169. The molecule has 2 aliphatic carbocycles. The van der Waals surface area contributed by atoms with Gasteiger partial charge in [-0.05, 0) is 138 Å². The average Bonchev–Trinajstić information content (AvgIpc) is 3.92. The molecule has 2 aliphatic rings. The van der Waals surface area contributed by atoms with Gasteiger partial charge in [0.25, 0.3) is 0 Å². The van der Waals surface area contributed by atoms with Crippen LogP contribution in [0.25, 0.3) is 30.9 Å². The van der Waals surface area contributed by atoms with E-state index in [4.69, 9.17) is 0 Å². The first-order valence-corrected chi connectivity index (χ1v) is 19.9. The van der Waals surface area contributed by atoms with Gasteiger partial charge in [-0.2, -0.15) is 0 Å². The number of aryl methyl sites for hydroxylation is 2. The van der Waals surface area contributed by atoms with Gasteiger partial charge in [0.05, 0.1) is 0 Å². The van der Waals surface area contributed by atoms with E-state index in [1.807, 2.05) is 11.3 Å². The zero-order chi connectivity index (χ0) is 35.6. The minimum Gasteiger partial charge on any atom is -0.310 e. The number of anilines is 6. The molecule has 54 heavy (non-hydrogen) atoms. The van der Waals surface area contributed by atoms with E-state index in [1.165, 1.54) is 87.3 Å². The van der Waals surface area contributed by atoms with Crippen LogP contribution >= 0.6 is 11.3 Å². The highest BCUT2D eigenvalue weighted by Crippen LogP contribution is 2.55. The Balaban J connectivity index is 1.04. The molecule has 0 radical (unpaired) electrons. The molecule has 0 unspecified atom stereocenters. The number of hydrogen-bond acceptors (Lipinski definition) is 3. The molecule has 1 spiro atoms. The maximum atomic E-state index is 2.53. The number of nitrogens with zero attached hydrogens (tertiary/aromatic N) is 2. The Labute approximate surface area is 320 Å². The van der Waals surface area contributed by atoms with Crippen molar-refractivity contribution in [2.75, 3.05) is 9.80 Å². The third kappa shape index (κ3) is 4.92. The van der Waals surface area contributed by atoms with Crippen LogP contribution in [-0.4, -0.2) is 0 Å². The fraction of sp³-hybridized carbons (Fsp3) is 0.0980. The largest absolute Gasteiger partial charge is 0.310 e. The first-order chi connectivity index (χ1) is 26.7. The minimum atomic E-state index is -0.00538. The monoisotopic (exact) mass is 710 g/mol. The van der Waals surface area contributed by atoms with Gasteiger partial charge in [0.15, 0.2) is 0 Å². The lowest BCUT2D eigenvalue weighted by Crippen LogP contribution is -2.22. The SMILES string of the molecule is c1ccc(N(c2ccccc2)c2ccc3c(c2)[C@@]2(CC3)CCc3ccc(N(c4ccccc4)c4ccc5c(c4)sc4ccc6ccccc6c45)cc32)cc1. The minimum absolute atomic E-state index is 0.00538. The summed E-state index contributed by atoms with van der Waals surface area (Å²) in [6.07, 6.45) is 4.50. The van der Waals surface area contributed by atoms with Gasteiger partial charge >= 0.3 is 0 Å². The standard InChI is InChI=1S/C51H38N2S/c1-4-13-38(14-5-1)52(39-15-6-2-7-16-39)41-23-20-36-28-30-51(46(36)32-41)31-29-37-21-24-42(33-47(37)51)53(40-17-8-3-9-18-40)43-25-26-45-49(34-43)54-48-27-22-35-12-10-11-19-44(35)50(45)48/h1-27,32-34H,28-31H2/t51-/m1/s1. The van der Waals surface area contributed by atoms with Crippen molar-refractivity contribution in [3.8, 4) is 0 Å². The molecule has 11 rings (SSSR count). The molecular formula is C51H38N2S. The van der Waals surface area contributed by atoms with Crippen LogP contribution in [0, 0.1) is 0 Å². The third-order valence-corrected chi connectivity index (χ3v) is 13.1. The zero-order valence-electron chi connectivity index (χ0n) is 30.0. The Morgan fingerprint density at radius 2 is 0.889 bits per heavy atom. The molecule has 3 heteroatoms. The Morgan fingerprint density at radius 1 is 0.389 bits per heavy atom. The van der Waals surface area contributed by atoms with Gasteiger partial charge in [-0.3, -0.25) is 0 Å². The molecule has 0 saturated heterocycles. The van der Waals surface area contributed by atoms with Gasteiger partial charge in [-0.1, -0.05) is 103 Å². The van der Waals surface area contributed by atoms with E-state index in [1.54, 1.807) is 0 Å². The van der Waals surface area contributed by atoms with Crippen LogP contribution < -0.4 is 9.80 Å². The van der Waals surface area contributed by atoms with E-state index < -0.39 is 0 Å². The second-order valence-electron chi connectivity index (χ2n) is 14.9. The number of para-hydroxylation sites is 3. The molecular weight excluding hydrogens is 673 g/mol. The number of hydrogen-bond donors (Lipinski definition) is 0. The summed E-state index contributed by atoms with van der Waals surface area (Å²) in [4.78, 5) is 4.87. The van der Waals surface area contributed by atoms with Crippen molar-refractivity contribution < 1.29 is 0 Å². The Bertz CT molecular complexity index is 2800. The summed E-state index contributed by atoms with van der Waals surface area (Å²) in [6.45, 7) is 0. The van der Waals surface area contributed by atoms with Crippen LogP contribution in [0.2, 0.25) is 0 Å². The predicted octanol–water partition coefficient (Wildman–Crippen LogP) is 14.3. The Morgan fingerprint density at radius 3 is 1.48 bits per heavy atom. The molecule has 0 bridgehead atoms. The molecule has 0 fully saturated rings. The molecule has 1 aromatic heterocycles. The van der Waals surface area contributed by atoms with Gasteiger partial charge in [0, 0.05) is 59.7 Å². The van der Waals surface area contributed by atoms with Gasteiger partial charge in [0.2, 0.25) is 0 Å². The lowest BCUT2D eigenvalue weighted by atomic mass is 9.76. The lowest BCUT2D eigenvalue weighted by molar-refractivity contribution is 0.507. The van der Waals surface area contributed by atoms with Crippen LogP contribution in [0.5, 0.6) is 0 Å². The normalized spacial score (nSPS) is 15.9. The third-order valence-electron chi connectivity index (χ3n) is 12.0. The van der Waals surface area contributed by atoms with Crippen LogP contribution in [0.3, 0.4) is 0 Å². The van der Waals surface area contributed by atoms with Crippen molar-refractivity contribution in [3.05, 3.63) is 204 Å². The fourth-order valence-corrected chi connectivity index (χ4v) is 10.7. The van der Waals surface area contributed by atoms with E-state index in [0.717, 1.165) is 25.7 Å².